The molecule has 4 nitrogen and oxygen atoms in total. The average Bonchev–Trinajstić information content (AvgIpc) is 2.62. The summed E-state index contributed by atoms with van der Waals surface area (Å²) in [6.07, 6.45) is 0. The molecule has 4 heteroatoms. The van der Waals surface area contributed by atoms with Crippen LogP contribution >= 0.6 is 0 Å². The average molecular weight is 295 g/mol. The van der Waals surface area contributed by atoms with Crippen molar-refractivity contribution in [3.63, 3.8) is 0 Å². The Hall–Kier alpha value is -2.33. The lowest BCUT2D eigenvalue weighted by Gasteiger charge is -2.36. The molecule has 0 aromatic heterocycles. The molecule has 0 amide bonds. The molecule has 2 aromatic carbocycles. The molecule has 0 saturated carbocycles. The molecule has 0 aliphatic carbocycles. The van der Waals surface area contributed by atoms with E-state index in [1.165, 1.54) is 5.69 Å². The van der Waals surface area contributed by atoms with Crippen molar-refractivity contribution in [2.75, 3.05) is 37.6 Å². The predicted octanol–water partition coefficient (Wildman–Crippen LogP) is 2.69. The summed E-state index contributed by atoms with van der Waals surface area (Å²) in [6, 6.07) is 20.4. The minimum atomic E-state index is 0.684. The Bertz CT molecular complexity index is 605. The second-order valence-electron chi connectivity index (χ2n) is 5.51. The van der Waals surface area contributed by atoms with Crippen molar-refractivity contribution in [1.29, 1.82) is 0 Å². The first-order chi connectivity index (χ1) is 10.9. The van der Waals surface area contributed by atoms with Crippen LogP contribution in [0, 0.1) is 0 Å². The lowest BCUT2D eigenvalue weighted by Crippen LogP contribution is -2.48. The summed E-state index contributed by atoms with van der Waals surface area (Å²) in [6.45, 7) is 4.62. The molecular formula is C18H21N3O. The Morgan fingerprint density at radius 3 is 2.05 bits per heavy atom. The molecule has 1 heterocycles. The smallest absolute Gasteiger partial charge is 0.101 e. The van der Waals surface area contributed by atoms with Gasteiger partial charge in [-0.15, -0.1) is 0 Å². The summed E-state index contributed by atoms with van der Waals surface area (Å²) in [5.41, 5.74) is 2.99. The van der Waals surface area contributed by atoms with E-state index in [1.807, 2.05) is 36.4 Å². The summed E-state index contributed by atoms with van der Waals surface area (Å²) in [5, 5.41) is 12.8. The van der Waals surface area contributed by atoms with Crippen LogP contribution in [0.4, 0.5) is 5.69 Å². The third-order valence-corrected chi connectivity index (χ3v) is 4.09. The van der Waals surface area contributed by atoms with Crippen LogP contribution in [-0.2, 0) is 0 Å². The topological polar surface area (TPSA) is 39.1 Å². The molecule has 0 spiro atoms. The van der Waals surface area contributed by atoms with E-state index in [2.05, 4.69) is 39.2 Å². The maximum atomic E-state index is 9.29. The highest BCUT2D eigenvalue weighted by molar-refractivity contribution is 6.01. The standard InChI is InChI=1S/C18H21N3O/c22-19-18(16-7-3-1-4-8-16)15-20-11-13-21(14-12-20)17-9-5-2-6-10-17/h1-10,22H,11-15H2/b19-18-. The number of para-hydroxylation sites is 1. The van der Waals surface area contributed by atoms with Gasteiger partial charge in [0.1, 0.15) is 5.71 Å². The van der Waals surface area contributed by atoms with Gasteiger partial charge in [-0.2, -0.15) is 0 Å². The Balaban J connectivity index is 1.58. The van der Waals surface area contributed by atoms with E-state index in [0.29, 0.717) is 6.54 Å². The highest BCUT2D eigenvalue weighted by atomic mass is 16.4. The monoisotopic (exact) mass is 295 g/mol. The minimum Gasteiger partial charge on any atom is -0.411 e. The first-order valence-corrected chi connectivity index (χ1v) is 7.65. The number of nitrogens with zero attached hydrogens (tertiary/aromatic N) is 3. The SMILES string of the molecule is O/N=C(/CN1CCN(c2ccccc2)CC1)c1ccccc1. The number of benzene rings is 2. The van der Waals surface area contributed by atoms with Gasteiger partial charge < -0.3 is 10.1 Å². The summed E-state index contributed by atoms with van der Waals surface area (Å²) in [5.74, 6) is 0. The highest BCUT2D eigenvalue weighted by Crippen LogP contribution is 2.15. The molecule has 114 valence electrons. The molecule has 2 aromatic rings. The fourth-order valence-corrected chi connectivity index (χ4v) is 2.83. The lowest BCUT2D eigenvalue weighted by atomic mass is 10.1. The van der Waals surface area contributed by atoms with Crippen LogP contribution in [0.15, 0.2) is 65.8 Å². The van der Waals surface area contributed by atoms with Crippen LogP contribution in [-0.4, -0.2) is 48.5 Å². The van der Waals surface area contributed by atoms with Gasteiger partial charge in [-0.05, 0) is 12.1 Å². The fourth-order valence-electron chi connectivity index (χ4n) is 2.83. The van der Waals surface area contributed by atoms with Crippen molar-refractivity contribution in [1.82, 2.24) is 4.90 Å². The highest BCUT2D eigenvalue weighted by Gasteiger charge is 2.19. The predicted molar refractivity (Wildman–Crippen MR) is 89.9 cm³/mol. The zero-order chi connectivity index (χ0) is 15.2. The number of oxime groups is 1. The Kier molecular flexibility index (Phi) is 4.71. The van der Waals surface area contributed by atoms with Crippen LogP contribution in [0.1, 0.15) is 5.56 Å². The van der Waals surface area contributed by atoms with Gasteiger partial charge in [-0.25, -0.2) is 0 Å². The fraction of sp³-hybridized carbons (Fsp3) is 0.278. The van der Waals surface area contributed by atoms with Crippen LogP contribution in [0.2, 0.25) is 0 Å². The van der Waals surface area contributed by atoms with Crippen LogP contribution in [0.3, 0.4) is 0 Å². The number of piperazine rings is 1. The lowest BCUT2D eigenvalue weighted by molar-refractivity contribution is 0.280. The van der Waals surface area contributed by atoms with E-state index >= 15 is 0 Å². The largest absolute Gasteiger partial charge is 0.411 e. The van der Waals surface area contributed by atoms with Crippen molar-refractivity contribution in [2.24, 2.45) is 5.16 Å². The molecule has 1 fully saturated rings. The van der Waals surface area contributed by atoms with Gasteiger partial charge in [0.2, 0.25) is 0 Å². The molecule has 22 heavy (non-hydrogen) atoms. The van der Waals surface area contributed by atoms with Crippen molar-refractivity contribution >= 4 is 11.4 Å². The molecule has 3 rings (SSSR count). The van der Waals surface area contributed by atoms with Gasteiger partial charge in [-0.1, -0.05) is 53.7 Å². The normalized spacial score (nSPS) is 16.7. The molecule has 1 N–H and O–H groups in total. The van der Waals surface area contributed by atoms with Crippen molar-refractivity contribution in [3.8, 4) is 0 Å². The maximum absolute atomic E-state index is 9.29. The quantitative estimate of drug-likeness (QED) is 0.535. The van der Waals surface area contributed by atoms with Gasteiger partial charge in [-0.3, -0.25) is 4.90 Å². The second-order valence-corrected chi connectivity index (χ2v) is 5.51. The Morgan fingerprint density at radius 2 is 1.45 bits per heavy atom. The third-order valence-electron chi connectivity index (χ3n) is 4.09. The molecule has 1 aliphatic rings. The molecule has 1 saturated heterocycles. The summed E-state index contributed by atoms with van der Waals surface area (Å²) in [4.78, 5) is 4.73. The van der Waals surface area contributed by atoms with Gasteiger partial charge in [0.05, 0.1) is 0 Å². The van der Waals surface area contributed by atoms with Crippen LogP contribution < -0.4 is 4.90 Å². The van der Waals surface area contributed by atoms with Gasteiger partial charge in [0.25, 0.3) is 0 Å². The van der Waals surface area contributed by atoms with E-state index in [-0.39, 0.29) is 0 Å². The Labute approximate surface area is 131 Å². The third kappa shape index (κ3) is 3.46. The summed E-state index contributed by atoms with van der Waals surface area (Å²) < 4.78 is 0. The summed E-state index contributed by atoms with van der Waals surface area (Å²) in [7, 11) is 0. The molecule has 0 radical (unpaired) electrons. The second kappa shape index (κ2) is 7.09. The molecule has 0 unspecified atom stereocenters. The van der Waals surface area contributed by atoms with E-state index in [0.717, 1.165) is 37.5 Å². The zero-order valence-corrected chi connectivity index (χ0v) is 12.6. The van der Waals surface area contributed by atoms with Gasteiger partial charge >= 0.3 is 0 Å². The van der Waals surface area contributed by atoms with E-state index in [4.69, 9.17) is 0 Å². The maximum Gasteiger partial charge on any atom is 0.101 e. The summed E-state index contributed by atoms with van der Waals surface area (Å²) >= 11 is 0. The van der Waals surface area contributed by atoms with Crippen LogP contribution in [0.5, 0.6) is 0 Å². The zero-order valence-electron chi connectivity index (χ0n) is 12.6. The van der Waals surface area contributed by atoms with E-state index < -0.39 is 0 Å². The number of rotatable bonds is 4. The van der Waals surface area contributed by atoms with Gasteiger partial charge in [0, 0.05) is 44.0 Å². The van der Waals surface area contributed by atoms with Crippen LogP contribution in [0.25, 0.3) is 0 Å². The molecule has 0 bridgehead atoms. The van der Waals surface area contributed by atoms with Gasteiger partial charge in [0.15, 0.2) is 0 Å². The molecule has 1 aliphatic heterocycles. The molecule has 0 atom stereocenters. The first kappa shape index (κ1) is 14.6. The van der Waals surface area contributed by atoms with Crippen molar-refractivity contribution in [3.05, 3.63) is 66.2 Å². The number of hydrogen-bond acceptors (Lipinski definition) is 4. The molecular weight excluding hydrogens is 274 g/mol. The van der Waals surface area contributed by atoms with Crippen molar-refractivity contribution in [2.45, 2.75) is 0 Å². The first-order valence-electron chi connectivity index (χ1n) is 7.65. The van der Waals surface area contributed by atoms with E-state index in [1.54, 1.807) is 0 Å². The minimum absolute atomic E-state index is 0.684. The van der Waals surface area contributed by atoms with Crippen molar-refractivity contribution < 1.29 is 5.21 Å². The number of anilines is 1. The Morgan fingerprint density at radius 1 is 0.864 bits per heavy atom. The van der Waals surface area contributed by atoms with E-state index in [9.17, 15) is 5.21 Å². The number of hydrogen-bond donors (Lipinski definition) is 1.